The monoisotopic (exact) mass is 307 g/mol. The van der Waals surface area contributed by atoms with Crippen molar-refractivity contribution in [2.75, 3.05) is 13.1 Å². The summed E-state index contributed by atoms with van der Waals surface area (Å²) in [4.78, 5) is 30.7. The van der Waals surface area contributed by atoms with Crippen LogP contribution in [0, 0.1) is 6.92 Å². The normalized spacial score (nSPS) is 17.8. The number of benzene rings is 1. The molecule has 1 N–H and O–H groups in total. The van der Waals surface area contributed by atoms with Crippen molar-refractivity contribution >= 4 is 16.9 Å². The smallest absolute Gasteiger partial charge is 0.253 e. The van der Waals surface area contributed by atoms with Crippen LogP contribution in [0.1, 0.15) is 34.2 Å². The fourth-order valence-corrected chi connectivity index (χ4v) is 3.07. The Morgan fingerprint density at radius 3 is 3.09 bits per heavy atom. The van der Waals surface area contributed by atoms with Gasteiger partial charge >= 0.3 is 0 Å². The Morgan fingerprint density at radius 2 is 2.22 bits per heavy atom. The molecule has 1 amide bonds. The Labute approximate surface area is 133 Å². The SMILES string of the molecule is Cc1ccnc([C@H]2CCN(C(=O)c3ccc4nc[nH]c4c3)C2)n1. The van der Waals surface area contributed by atoms with Gasteiger partial charge in [-0.1, -0.05) is 0 Å². The largest absolute Gasteiger partial charge is 0.345 e. The number of nitrogens with zero attached hydrogens (tertiary/aromatic N) is 4. The van der Waals surface area contributed by atoms with E-state index in [0.717, 1.165) is 35.5 Å². The van der Waals surface area contributed by atoms with Gasteiger partial charge in [-0.2, -0.15) is 0 Å². The quantitative estimate of drug-likeness (QED) is 0.788. The van der Waals surface area contributed by atoms with Crippen LogP contribution in [0.3, 0.4) is 0 Å². The topological polar surface area (TPSA) is 74.8 Å². The number of amides is 1. The molecule has 1 saturated heterocycles. The minimum atomic E-state index is 0.0525. The molecule has 23 heavy (non-hydrogen) atoms. The number of H-pyrrole nitrogens is 1. The first-order valence-electron chi connectivity index (χ1n) is 7.72. The second-order valence-corrected chi connectivity index (χ2v) is 5.93. The lowest BCUT2D eigenvalue weighted by molar-refractivity contribution is 0.0790. The molecule has 6 heteroatoms. The minimum Gasteiger partial charge on any atom is -0.345 e. The molecule has 3 heterocycles. The maximum atomic E-state index is 12.7. The van der Waals surface area contributed by atoms with Crippen molar-refractivity contribution in [2.45, 2.75) is 19.3 Å². The van der Waals surface area contributed by atoms with Crippen molar-refractivity contribution in [2.24, 2.45) is 0 Å². The van der Waals surface area contributed by atoms with E-state index in [4.69, 9.17) is 0 Å². The molecule has 1 aliphatic heterocycles. The highest BCUT2D eigenvalue weighted by atomic mass is 16.2. The molecule has 1 fully saturated rings. The van der Waals surface area contributed by atoms with Gasteiger partial charge in [0.15, 0.2) is 0 Å². The van der Waals surface area contributed by atoms with E-state index < -0.39 is 0 Å². The van der Waals surface area contributed by atoms with Gasteiger partial charge in [-0.3, -0.25) is 4.79 Å². The summed E-state index contributed by atoms with van der Waals surface area (Å²) in [7, 11) is 0. The molecule has 0 bridgehead atoms. The molecule has 4 rings (SSSR count). The van der Waals surface area contributed by atoms with E-state index in [-0.39, 0.29) is 11.8 Å². The van der Waals surface area contributed by atoms with E-state index in [1.807, 2.05) is 36.1 Å². The van der Waals surface area contributed by atoms with Crippen molar-refractivity contribution in [1.82, 2.24) is 24.8 Å². The molecule has 0 unspecified atom stereocenters. The average Bonchev–Trinajstić information content (AvgIpc) is 3.22. The molecule has 0 aliphatic carbocycles. The van der Waals surface area contributed by atoms with Crippen LogP contribution in [0.15, 0.2) is 36.8 Å². The van der Waals surface area contributed by atoms with Gasteiger partial charge in [0.25, 0.3) is 5.91 Å². The lowest BCUT2D eigenvalue weighted by Gasteiger charge is -2.16. The predicted molar refractivity (Wildman–Crippen MR) is 86.1 cm³/mol. The van der Waals surface area contributed by atoms with Crippen LogP contribution in [0.2, 0.25) is 0 Å². The molecule has 116 valence electrons. The number of carbonyl (C=O) groups is 1. The van der Waals surface area contributed by atoms with Gasteiger partial charge in [0.1, 0.15) is 5.82 Å². The lowest BCUT2D eigenvalue weighted by Crippen LogP contribution is -2.28. The maximum absolute atomic E-state index is 12.7. The van der Waals surface area contributed by atoms with Crippen LogP contribution in [-0.4, -0.2) is 43.8 Å². The fraction of sp³-hybridized carbons (Fsp3) is 0.294. The standard InChI is InChI=1S/C17H17N5O/c1-11-4-6-18-16(21-11)13-5-7-22(9-13)17(23)12-2-3-14-15(8-12)20-10-19-14/h2-4,6,8,10,13H,5,7,9H2,1H3,(H,19,20)/t13-/m0/s1. The Kier molecular flexibility index (Phi) is 3.29. The van der Waals surface area contributed by atoms with E-state index >= 15 is 0 Å². The van der Waals surface area contributed by atoms with Crippen molar-refractivity contribution in [3.05, 3.63) is 53.9 Å². The molecule has 1 aliphatic rings. The molecule has 3 aromatic rings. The van der Waals surface area contributed by atoms with Crippen molar-refractivity contribution in [3.63, 3.8) is 0 Å². The molecular weight excluding hydrogens is 290 g/mol. The molecule has 1 atom stereocenters. The highest BCUT2D eigenvalue weighted by molar-refractivity contribution is 5.97. The lowest BCUT2D eigenvalue weighted by atomic mass is 10.1. The molecule has 0 spiro atoms. The van der Waals surface area contributed by atoms with Gasteiger partial charge in [-0.15, -0.1) is 0 Å². The third-order valence-electron chi connectivity index (χ3n) is 4.32. The number of rotatable bonds is 2. The Balaban J connectivity index is 1.53. The molecular formula is C17H17N5O. The number of fused-ring (bicyclic) bond motifs is 1. The first-order chi connectivity index (χ1) is 11.2. The fourth-order valence-electron chi connectivity index (χ4n) is 3.07. The maximum Gasteiger partial charge on any atom is 0.253 e. The molecule has 1 aromatic carbocycles. The van der Waals surface area contributed by atoms with E-state index in [2.05, 4.69) is 19.9 Å². The van der Waals surface area contributed by atoms with Crippen LogP contribution in [0.5, 0.6) is 0 Å². The van der Waals surface area contributed by atoms with E-state index in [1.165, 1.54) is 0 Å². The number of hydrogen-bond acceptors (Lipinski definition) is 4. The number of aromatic nitrogens is 4. The molecule has 0 radical (unpaired) electrons. The number of nitrogens with one attached hydrogen (secondary N) is 1. The van der Waals surface area contributed by atoms with Crippen LogP contribution in [-0.2, 0) is 0 Å². The zero-order valence-electron chi connectivity index (χ0n) is 12.9. The summed E-state index contributed by atoms with van der Waals surface area (Å²) in [6, 6.07) is 7.46. The Hall–Kier alpha value is -2.76. The van der Waals surface area contributed by atoms with E-state index in [0.29, 0.717) is 12.1 Å². The highest BCUT2D eigenvalue weighted by Crippen LogP contribution is 2.26. The van der Waals surface area contributed by atoms with Crippen LogP contribution >= 0.6 is 0 Å². The van der Waals surface area contributed by atoms with Gasteiger partial charge in [-0.25, -0.2) is 15.0 Å². The zero-order chi connectivity index (χ0) is 15.8. The summed E-state index contributed by atoms with van der Waals surface area (Å²) in [5.74, 6) is 1.11. The van der Waals surface area contributed by atoms with E-state index in [9.17, 15) is 4.79 Å². The van der Waals surface area contributed by atoms with E-state index in [1.54, 1.807) is 12.5 Å². The number of aryl methyl sites for hydroxylation is 1. The Bertz CT molecular complexity index is 872. The average molecular weight is 307 g/mol. The van der Waals surface area contributed by atoms with Crippen LogP contribution < -0.4 is 0 Å². The Morgan fingerprint density at radius 1 is 1.30 bits per heavy atom. The van der Waals surface area contributed by atoms with Crippen molar-refractivity contribution < 1.29 is 4.79 Å². The van der Waals surface area contributed by atoms with Crippen LogP contribution in [0.25, 0.3) is 11.0 Å². The summed E-state index contributed by atoms with van der Waals surface area (Å²) in [6.07, 6.45) is 4.33. The number of hydrogen-bond donors (Lipinski definition) is 1. The van der Waals surface area contributed by atoms with Gasteiger partial charge in [0.2, 0.25) is 0 Å². The van der Waals surface area contributed by atoms with Gasteiger partial charge < -0.3 is 9.88 Å². The molecule has 2 aromatic heterocycles. The minimum absolute atomic E-state index is 0.0525. The number of aromatic amines is 1. The second kappa shape index (κ2) is 5.46. The van der Waals surface area contributed by atoms with Gasteiger partial charge in [0, 0.05) is 36.5 Å². The number of likely N-dealkylation sites (tertiary alicyclic amines) is 1. The number of imidazole rings is 1. The third-order valence-corrected chi connectivity index (χ3v) is 4.32. The summed E-state index contributed by atoms with van der Waals surface area (Å²) >= 11 is 0. The molecule has 6 nitrogen and oxygen atoms in total. The third kappa shape index (κ3) is 2.56. The van der Waals surface area contributed by atoms with Crippen molar-refractivity contribution in [1.29, 1.82) is 0 Å². The molecule has 0 saturated carbocycles. The van der Waals surface area contributed by atoms with Gasteiger partial charge in [0.05, 0.1) is 17.4 Å². The summed E-state index contributed by atoms with van der Waals surface area (Å²) in [6.45, 7) is 3.37. The van der Waals surface area contributed by atoms with Crippen LogP contribution in [0.4, 0.5) is 0 Å². The van der Waals surface area contributed by atoms with Crippen molar-refractivity contribution in [3.8, 4) is 0 Å². The first kappa shape index (κ1) is 13.9. The van der Waals surface area contributed by atoms with Gasteiger partial charge in [-0.05, 0) is 37.6 Å². The summed E-state index contributed by atoms with van der Waals surface area (Å²) in [5, 5.41) is 0. The first-order valence-corrected chi connectivity index (χ1v) is 7.72. The summed E-state index contributed by atoms with van der Waals surface area (Å²) in [5.41, 5.74) is 3.40. The highest BCUT2D eigenvalue weighted by Gasteiger charge is 2.29. The summed E-state index contributed by atoms with van der Waals surface area (Å²) < 4.78 is 0. The zero-order valence-corrected chi connectivity index (χ0v) is 12.9. The predicted octanol–water partition coefficient (Wildman–Crippen LogP) is 2.29. The number of carbonyl (C=O) groups excluding carboxylic acids is 1. The second-order valence-electron chi connectivity index (χ2n) is 5.93.